The van der Waals surface area contributed by atoms with Gasteiger partial charge in [-0.2, -0.15) is 5.26 Å². The highest BCUT2D eigenvalue weighted by molar-refractivity contribution is 8.00. The Morgan fingerprint density at radius 3 is 2.77 bits per heavy atom. The summed E-state index contributed by atoms with van der Waals surface area (Å²) < 4.78 is 0.993. The standard InChI is InChI=1S/C16H11N3OS2/c17-9-12(14(20)10-21-11-5-7-18-8-6-11)16-19-13-3-1-2-4-15(13)22-16/h1-8,12H,10H2. The molecule has 3 rings (SSSR count). The molecule has 0 aliphatic heterocycles. The number of nitrogens with zero attached hydrogens (tertiary/aromatic N) is 3. The van der Waals surface area contributed by atoms with Gasteiger partial charge in [-0.3, -0.25) is 9.78 Å². The Morgan fingerprint density at radius 2 is 2.05 bits per heavy atom. The summed E-state index contributed by atoms with van der Waals surface area (Å²) in [4.78, 5) is 21.6. The van der Waals surface area contributed by atoms with E-state index in [1.165, 1.54) is 23.1 Å². The molecule has 22 heavy (non-hydrogen) atoms. The number of pyridine rings is 1. The number of thioether (sulfide) groups is 1. The first-order chi connectivity index (χ1) is 10.8. The number of hydrogen-bond donors (Lipinski definition) is 0. The van der Waals surface area contributed by atoms with E-state index in [-0.39, 0.29) is 11.5 Å². The Morgan fingerprint density at radius 1 is 1.27 bits per heavy atom. The molecule has 4 nitrogen and oxygen atoms in total. The fourth-order valence-electron chi connectivity index (χ4n) is 1.95. The van der Waals surface area contributed by atoms with Gasteiger partial charge in [-0.25, -0.2) is 4.98 Å². The molecule has 0 spiro atoms. The summed E-state index contributed by atoms with van der Waals surface area (Å²) in [6.07, 6.45) is 3.37. The summed E-state index contributed by atoms with van der Waals surface area (Å²) in [7, 11) is 0. The summed E-state index contributed by atoms with van der Waals surface area (Å²) in [5, 5.41) is 9.92. The van der Waals surface area contributed by atoms with Crippen molar-refractivity contribution >= 4 is 39.1 Å². The molecule has 1 aromatic carbocycles. The van der Waals surface area contributed by atoms with Crippen LogP contribution in [0.3, 0.4) is 0 Å². The molecule has 0 bridgehead atoms. The zero-order valence-electron chi connectivity index (χ0n) is 11.5. The van der Waals surface area contributed by atoms with Crippen molar-refractivity contribution in [3.8, 4) is 6.07 Å². The van der Waals surface area contributed by atoms with E-state index in [1.807, 2.05) is 36.4 Å². The van der Waals surface area contributed by atoms with Gasteiger partial charge in [-0.15, -0.1) is 23.1 Å². The summed E-state index contributed by atoms with van der Waals surface area (Å²) >= 11 is 2.82. The summed E-state index contributed by atoms with van der Waals surface area (Å²) in [6.45, 7) is 0. The lowest BCUT2D eigenvalue weighted by Gasteiger charge is -2.04. The lowest BCUT2D eigenvalue weighted by atomic mass is 10.1. The van der Waals surface area contributed by atoms with Crippen LogP contribution in [0.5, 0.6) is 0 Å². The van der Waals surface area contributed by atoms with Gasteiger partial charge in [0.25, 0.3) is 0 Å². The highest BCUT2D eigenvalue weighted by atomic mass is 32.2. The molecule has 0 radical (unpaired) electrons. The van der Waals surface area contributed by atoms with E-state index in [2.05, 4.69) is 16.0 Å². The highest BCUT2D eigenvalue weighted by Crippen LogP contribution is 2.29. The lowest BCUT2D eigenvalue weighted by Crippen LogP contribution is -2.13. The van der Waals surface area contributed by atoms with Crippen molar-refractivity contribution in [2.24, 2.45) is 0 Å². The topological polar surface area (TPSA) is 66.6 Å². The first kappa shape index (κ1) is 14.7. The smallest absolute Gasteiger partial charge is 0.167 e. The molecule has 0 saturated heterocycles. The van der Waals surface area contributed by atoms with Crippen molar-refractivity contribution < 1.29 is 4.79 Å². The van der Waals surface area contributed by atoms with Crippen LogP contribution < -0.4 is 0 Å². The van der Waals surface area contributed by atoms with Gasteiger partial charge in [0.2, 0.25) is 0 Å². The van der Waals surface area contributed by atoms with Gasteiger partial charge in [0.1, 0.15) is 5.01 Å². The van der Waals surface area contributed by atoms with Crippen molar-refractivity contribution in [1.29, 1.82) is 5.26 Å². The second-order valence-corrected chi connectivity index (χ2v) is 6.63. The maximum atomic E-state index is 12.3. The van der Waals surface area contributed by atoms with E-state index in [0.29, 0.717) is 5.01 Å². The number of nitriles is 1. The van der Waals surface area contributed by atoms with Gasteiger partial charge in [-0.1, -0.05) is 12.1 Å². The molecule has 3 aromatic rings. The van der Waals surface area contributed by atoms with Crippen LogP contribution in [-0.4, -0.2) is 21.5 Å². The quantitative estimate of drug-likeness (QED) is 0.670. The molecule has 2 aromatic heterocycles. The van der Waals surface area contributed by atoms with E-state index in [0.717, 1.165) is 15.1 Å². The number of carbonyl (C=O) groups is 1. The van der Waals surface area contributed by atoms with E-state index < -0.39 is 5.92 Å². The predicted molar refractivity (Wildman–Crippen MR) is 87.9 cm³/mol. The number of fused-ring (bicyclic) bond motifs is 1. The lowest BCUT2D eigenvalue weighted by molar-refractivity contribution is -0.116. The van der Waals surface area contributed by atoms with Crippen LogP contribution in [0.4, 0.5) is 0 Å². The van der Waals surface area contributed by atoms with E-state index in [1.54, 1.807) is 12.4 Å². The molecule has 6 heteroatoms. The van der Waals surface area contributed by atoms with Gasteiger partial charge in [0.15, 0.2) is 11.7 Å². The molecule has 1 atom stereocenters. The number of ketones is 1. The minimum Gasteiger partial charge on any atom is -0.297 e. The van der Waals surface area contributed by atoms with Crippen LogP contribution in [0, 0.1) is 11.3 Å². The monoisotopic (exact) mass is 325 g/mol. The average molecular weight is 325 g/mol. The number of para-hydroxylation sites is 1. The largest absolute Gasteiger partial charge is 0.297 e. The Labute approximate surface area is 135 Å². The number of thiazole rings is 1. The average Bonchev–Trinajstić information content (AvgIpc) is 2.98. The second-order valence-electron chi connectivity index (χ2n) is 4.52. The van der Waals surface area contributed by atoms with Gasteiger partial charge < -0.3 is 0 Å². The van der Waals surface area contributed by atoms with Crippen LogP contribution in [0.15, 0.2) is 53.7 Å². The van der Waals surface area contributed by atoms with E-state index in [9.17, 15) is 10.1 Å². The number of carbonyl (C=O) groups excluding carboxylic acids is 1. The third-order valence-corrected chi connectivity index (χ3v) is 5.17. The molecule has 0 N–H and O–H groups in total. The Hall–Kier alpha value is -2.23. The van der Waals surface area contributed by atoms with E-state index in [4.69, 9.17) is 0 Å². The first-order valence-corrected chi connectivity index (χ1v) is 8.39. The van der Waals surface area contributed by atoms with Crippen LogP contribution in [-0.2, 0) is 4.79 Å². The third-order valence-electron chi connectivity index (χ3n) is 3.04. The molecule has 108 valence electrons. The molecular weight excluding hydrogens is 314 g/mol. The maximum absolute atomic E-state index is 12.3. The normalized spacial score (nSPS) is 12.0. The van der Waals surface area contributed by atoms with Gasteiger partial charge in [0, 0.05) is 17.3 Å². The van der Waals surface area contributed by atoms with Gasteiger partial charge >= 0.3 is 0 Å². The Balaban J connectivity index is 1.76. The zero-order chi connectivity index (χ0) is 15.4. The second kappa shape index (κ2) is 6.69. The number of benzene rings is 1. The zero-order valence-corrected chi connectivity index (χ0v) is 13.1. The minimum absolute atomic E-state index is 0.122. The number of hydrogen-bond acceptors (Lipinski definition) is 6. The van der Waals surface area contributed by atoms with Gasteiger partial charge in [0.05, 0.1) is 22.0 Å². The van der Waals surface area contributed by atoms with Crippen molar-refractivity contribution in [2.75, 3.05) is 5.75 Å². The molecule has 0 aliphatic carbocycles. The van der Waals surface area contributed by atoms with Crippen molar-refractivity contribution in [3.05, 3.63) is 53.8 Å². The van der Waals surface area contributed by atoms with E-state index >= 15 is 0 Å². The third kappa shape index (κ3) is 3.16. The maximum Gasteiger partial charge on any atom is 0.167 e. The van der Waals surface area contributed by atoms with Crippen molar-refractivity contribution in [3.63, 3.8) is 0 Å². The summed E-state index contributed by atoms with van der Waals surface area (Å²) in [5.74, 6) is -0.673. The minimum atomic E-state index is -0.799. The van der Waals surface area contributed by atoms with Crippen LogP contribution in [0.1, 0.15) is 10.9 Å². The predicted octanol–water partition coefficient (Wildman–Crippen LogP) is 3.66. The molecule has 0 fully saturated rings. The fraction of sp³-hybridized carbons (Fsp3) is 0.125. The van der Waals surface area contributed by atoms with Crippen LogP contribution in [0.2, 0.25) is 0 Å². The Bertz CT molecular complexity index is 806. The number of Topliss-reactive ketones (excluding diaryl/α,β-unsaturated/α-hetero) is 1. The molecule has 1 unspecified atom stereocenters. The molecule has 0 amide bonds. The highest BCUT2D eigenvalue weighted by Gasteiger charge is 2.23. The number of aromatic nitrogens is 2. The summed E-state index contributed by atoms with van der Waals surface area (Å²) in [5.41, 5.74) is 0.831. The number of rotatable bonds is 5. The SMILES string of the molecule is N#CC(C(=O)CSc1ccncc1)c1nc2ccccc2s1. The molecule has 0 aliphatic rings. The fourth-order valence-corrected chi connectivity index (χ4v) is 3.78. The molecule has 0 saturated carbocycles. The van der Waals surface area contributed by atoms with Crippen LogP contribution >= 0.6 is 23.1 Å². The summed E-state index contributed by atoms with van der Waals surface area (Å²) in [6, 6.07) is 13.4. The van der Waals surface area contributed by atoms with Crippen LogP contribution in [0.25, 0.3) is 10.2 Å². The van der Waals surface area contributed by atoms with Crippen molar-refractivity contribution in [2.45, 2.75) is 10.8 Å². The molecular formula is C16H11N3OS2. The first-order valence-electron chi connectivity index (χ1n) is 6.58. The van der Waals surface area contributed by atoms with Gasteiger partial charge in [-0.05, 0) is 24.3 Å². The Kier molecular flexibility index (Phi) is 4.47. The molecule has 2 heterocycles. The van der Waals surface area contributed by atoms with Crippen molar-refractivity contribution in [1.82, 2.24) is 9.97 Å².